The number of halogens is 1. The SMILES string of the molecule is CC(NCC(=O)N1CCC(c2ccccc2)=N1)c1ccccc1Cl. The second-order valence-corrected chi connectivity index (χ2v) is 6.21. The molecule has 124 valence electrons. The fourth-order valence-electron chi connectivity index (χ4n) is 2.74. The molecule has 0 bridgehead atoms. The molecule has 3 rings (SSSR count). The number of nitrogens with zero attached hydrogens (tertiary/aromatic N) is 2. The molecule has 1 unspecified atom stereocenters. The lowest BCUT2D eigenvalue weighted by molar-refractivity contribution is -0.129. The van der Waals surface area contributed by atoms with Crippen LogP contribution in [0.3, 0.4) is 0 Å². The quantitative estimate of drug-likeness (QED) is 0.902. The summed E-state index contributed by atoms with van der Waals surface area (Å²) < 4.78 is 0. The Kier molecular flexibility index (Phi) is 5.28. The molecular weight excluding hydrogens is 322 g/mol. The molecule has 0 saturated heterocycles. The third-order valence-electron chi connectivity index (χ3n) is 4.13. The van der Waals surface area contributed by atoms with Gasteiger partial charge in [0.25, 0.3) is 5.91 Å². The summed E-state index contributed by atoms with van der Waals surface area (Å²) in [7, 11) is 0. The molecule has 1 amide bonds. The van der Waals surface area contributed by atoms with Gasteiger partial charge in [-0.3, -0.25) is 4.79 Å². The Labute approximate surface area is 147 Å². The fraction of sp³-hybridized carbons (Fsp3) is 0.263. The second kappa shape index (κ2) is 7.60. The van der Waals surface area contributed by atoms with E-state index in [1.165, 1.54) is 0 Å². The van der Waals surface area contributed by atoms with Crippen molar-refractivity contribution in [1.82, 2.24) is 10.3 Å². The van der Waals surface area contributed by atoms with Gasteiger partial charge in [0.05, 0.1) is 18.8 Å². The average molecular weight is 342 g/mol. The first-order valence-corrected chi connectivity index (χ1v) is 8.44. The number of carbonyl (C=O) groups is 1. The largest absolute Gasteiger partial charge is 0.302 e. The van der Waals surface area contributed by atoms with Crippen molar-refractivity contribution in [3.8, 4) is 0 Å². The van der Waals surface area contributed by atoms with Crippen LogP contribution in [0.1, 0.15) is 30.5 Å². The number of carbonyl (C=O) groups excluding carboxylic acids is 1. The highest BCUT2D eigenvalue weighted by Crippen LogP contribution is 2.22. The molecule has 24 heavy (non-hydrogen) atoms. The molecule has 2 aromatic carbocycles. The van der Waals surface area contributed by atoms with E-state index in [9.17, 15) is 4.79 Å². The highest BCUT2D eigenvalue weighted by atomic mass is 35.5. The van der Waals surface area contributed by atoms with Crippen LogP contribution in [-0.2, 0) is 4.79 Å². The molecule has 1 heterocycles. The fourth-order valence-corrected chi connectivity index (χ4v) is 3.04. The monoisotopic (exact) mass is 341 g/mol. The van der Waals surface area contributed by atoms with E-state index < -0.39 is 0 Å². The second-order valence-electron chi connectivity index (χ2n) is 5.80. The minimum absolute atomic E-state index is 0.00262. The minimum Gasteiger partial charge on any atom is -0.302 e. The van der Waals surface area contributed by atoms with Crippen molar-refractivity contribution in [2.24, 2.45) is 5.10 Å². The van der Waals surface area contributed by atoms with E-state index in [-0.39, 0.29) is 18.5 Å². The van der Waals surface area contributed by atoms with E-state index in [4.69, 9.17) is 11.6 Å². The lowest BCUT2D eigenvalue weighted by Crippen LogP contribution is -2.35. The maximum absolute atomic E-state index is 12.4. The average Bonchev–Trinajstić information content (AvgIpc) is 3.11. The van der Waals surface area contributed by atoms with Crippen LogP contribution in [0.5, 0.6) is 0 Å². The molecule has 5 heteroatoms. The highest BCUT2D eigenvalue weighted by molar-refractivity contribution is 6.31. The summed E-state index contributed by atoms with van der Waals surface area (Å²) in [5.41, 5.74) is 3.02. The molecule has 1 atom stereocenters. The summed E-state index contributed by atoms with van der Waals surface area (Å²) >= 11 is 6.19. The Bertz CT molecular complexity index is 745. The maximum Gasteiger partial charge on any atom is 0.256 e. The number of hydrazone groups is 1. The van der Waals surface area contributed by atoms with Gasteiger partial charge >= 0.3 is 0 Å². The van der Waals surface area contributed by atoms with Gasteiger partial charge < -0.3 is 5.32 Å². The molecule has 4 nitrogen and oxygen atoms in total. The maximum atomic E-state index is 12.4. The molecule has 1 aliphatic heterocycles. The molecule has 0 spiro atoms. The summed E-state index contributed by atoms with van der Waals surface area (Å²) in [4.78, 5) is 12.4. The van der Waals surface area contributed by atoms with E-state index in [1.54, 1.807) is 5.01 Å². The van der Waals surface area contributed by atoms with Crippen molar-refractivity contribution < 1.29 is 4.79 Å². The molecule has 0 saturated carbocycles. The van der Waals surface area contributed by atoms with Gasteiger partial charge in [-0.1, -0.05) is 60.1 Å². The van der Waals surface area contributed by atoms with Gasteiger partial charge in [-0.25, -0.2) is 5.01 Å². The number of amides is 1. The Hall–Kier alpha value is -2.17. The normalized spacial score (nSPS) is 15.2. The van der Waals surface area contributed by atoms with Crippen molar-refractivity contribution in [1.29, 1.82) is 0 Å². The zero-order valence-electron chi connectivity index (χ0n) is 13.6. The molecule has 2 aromatic rings. The number of rotatable bonds is 5. The topological polar surface area (TPSA) is 44.7 Å². The van der Waals surface area contributed by atoms with Crippen molar-refractivity contribution >= 4 is 23.2 Å². The van der Waals surface area contributed by atoms with Gasteiger partial charge in [0, 0.05) is 17.5 Å². The minimum atomic E-state index is -0.0279. The number of nitrogens with one attached hydrogen (secondary N) is 1. The van der Waals surface area contributed by atoms with Gasteiger partial charge in [-0.2, -0.15) is 5.10 Å². The van der Waals surface area contributed by atoms with Crippen molar-refractivity contribution in [3.05, 3.63) is 70.7 Å². The molecule has 0 radical (unpaired) electrons. The van der Waals surface area contributed by atoms with Gasteiger partial charge in [-0.15, -0.1) is 0 Å². The molecule has 1 N–H and O–H groups in total. The zero-order chi connectivity index (χ0) is 16.9. The number of hydrogen-bond acceptors (Lipinski definition) is 3. The van der Waals surface area contributed by atoms with E-state index in [0.29, 0.717) is 11.6 Å². The van der Waals surface area contributed by atoms with Crippen LogP contribution in [0, 0.1) is 0 Å². The molecular formula is C19H20ClN3O. The zero-order valence-corrected chi connectivity index (χ0v) is 14.3. The lowest BCUT2D eigenvalue weighted by atomic mass is 10.1. The summed E-state index contributed by atoms with van der Waals surface area (Å²) in [5, 5.41) is 9.94. The highest BCUT2D eigenvalue weighted by Gasteiger charge is 2.21. The Balaban J connectivity index is 1.58. The third kappa shape index (κ3) is 3.83. The van der Waals surface area contributed by atoms with Crippen molar-refractivity contribution in [2.75, 3.05) is 13.1 Å². The van der Waals surface area contributed by atoms with E-state index in [1.807, 2.05) is 61.5 Å². The molecule has 0 fully saturated rings. The summed E-state index contributed by atoms with van der Waals surface area (Å²) in [6.45, 7) is 2.86. The molecule has 1 aliphatic rings. The van der Waals surface area contributed by atoms with E-state index in [0.717, 1.165) is 23.3 Å². The first-order chi connectivity index (χ1) is 11.6. The molecule has 0 aliphatic carbocycles. The van der Waals surface area contributed by atoms with Crippen LogP contribution in [-0.4, -0.2) is 29.7 Å². The Morgan fingerprint density at radius 2 is 1.92 bits per heavy atom. The first-order valence-electron chi connectivity index (χ1n) is 8.06. The van der Waals surface area contributed by atoms with Crippen LogP contribution >= 0.6 is 11.6 Å². The van der Waals surface area contributed by atoms with Gasteiger partial charge in [0.2, 0.25) is 0 Å². The predicted molar refractivity (Wildman–Crippen MR) is 97.2 cm³/mol. The summed E-state index contributed by atoms with van der Waals surface area (Å²) in [6.07, 6.45) is 0.788. The number of hydrogen-bond donors (Lipinski definition) is 1. The Morgan fingerprint density at radius 3 is 2.67 bits per heavy atom. The predicted octanol–water partition coefficient (Wildman–Crippen LogP) is 3.63. The summed E-state index contributed by atoms with van der Waals surface area (Å²) in [6, 6.07) is 17.6. The van der Waals surface area contributed by atoms with Gasteiger partial charge in [-0.05, 0) is 24.1 Å². The van der Waals surface area contributed by atoms with Crippen LogP contribution in [0.15, 0.2) is 59.7 Å². The smallest absolute Gasteiger partial charge is 0.256 e. The van der Waals surface area contributed by atoms with Crippen LogP contribution in [0.2, 0.25) is 5.02 Å². The van der Waals surface area contributed by atoms with Crippen LogP contribution in [0.4, 0.5) is 0 Å². The van der Waals surface area contributed by atoms with Crippen LogP contribution in [0.25, 0.3) is 0 Å². The lowest BCUT2D eigenvalue weighted by Gasteiger charge is -2.17. The summed E-state index contributed by atoms with van der Waals surface area (Å²) in [5.74, 6) is -0.0279. The third-order valence-corrected chi connectivity index (χ3v) is 4.47. The van der Waals surface area contributed by atoms with E-state index in [2.05, 4.69) is 10.4 Å². The standard InChI is InChI=1S/C19H20ClN3O/c1-14(16-9-5-6-10-17(16)20)21-13-19(24)23-12-11-18(22-23)15-7-3-2-4-8-15/h2-10,14,21H,11-13H2,1H3. The van der Waals surface area contributed by atoms with Crippen molar-refractivity contribution in [2.45, 2.75) is 19.4 Å². The van der Waals surface area contributed by atoms with Gasteiger partial charge in [0.15, 0.2) is 0 Å². The first kappa shape index (κ1) is 16.7. The Morgan fingerprint density at radius 1 is 1.21 bits per heavy atom. The van der Waals surface area contributed by atoms with Crippen molar-refractivity contribution in [3.63, 3.8) is 0 Å². The number of benzene rings is 2. The van der Waals surface area contributed by atoms with E-state index >= 15 is 0 Å². The van der Waals surface area contributed by atoms with Crippen LogP contribution < -0.4 is 5.32 Å². The van der Waals surface area contributed by atoms with Gasteiger partial charge in [0.1, 0.15) is 0 Å². The molecule has 0 aromatic heterocycles.